The second-order valence-electron chi connectivity index (χ2n) is 4.58. The van der Waals surface area contributed by atoms with Crippen molar-refractivity contribution in [2.75, 3.05) is 17.8 Å². The minimum Gasteiger partial charge on any atom is -0.271 e. The molecular formula is C11H16ClN3O2S. The van der Waals surface area contributed by atoms with Gasteiger partial charge in [-0.05, 0) is 30.9 Å². The van der Waals surface area contributed by atoms with Crippen LogP contribution in [0.5, 0.6) is 0 Å². The number of aromatic nitrogens is 1. The summed E-state index contributed by atoms with van der Waals surface area (Å²) in [6, 6.07) is 3.07. The first-order chi connectivity index (χ1) is 8.47. The Morgan fingerprint density at radius 2 is 2.33 bits per heavy atom. The molecule has 1 aliphatic heterocycles. The number of pyridine rings is 1. The summed E-state index contributed by atoms with van der Waals surface area (Å²) in [6.45, 7) is 3.19. The Labute approximate surface area is 112 Å². The van der Waals surface area contributed by atoms with Crippen molar-refractivity contribution in [1.29, 1.82) is 0 Å². The lowest BCUT2D eigenvalue weighted by Gasteiger charge is -2.30. The van der Waals surface area contributed by atoms with Crippen LogP contribution in [-0.4, -0.2) is 30.8 Å². The molecule has 1 saturated heterocycles. The molecule has 100 valence electrons. The highest BCUT2D eigenvalue weighted by atomic mass is 35.5. The van der Waals surface area contributed by atoms with Gasteiger partial charge in [0.2, 0.25) is 0 Å². The van der Waals surface area contributed by atoms with E-state index < -0.39 is 10.2 Å². The smallest absolute Gasteiger partial charge is 0.271 e. The van der Waals surface area contributed by atoms with Crippen LogP contribution in [0.3, 0.4) is 0 Å². The van der Waals surface area contributed by atoms with Gasteiger partial charge in [-0.3, -0.25) is 4.72 Å². The summed E-state index contributed by atoms with van der Waals surface area (Å²) in [5.74, 6) is 0.399. The summed E-state index contributed by atoms with van der Waals surface area (Å²) in [7, 11) is -3.49. The molecule has 0 bridgehead atoms. The van der Waals surface area contributed by atoms with Crippen molar-refractivity contribution in [2.45, 2.75) is 19.8 Å². The van der Waals surface area contributed by atoms with E-state index >= 15 is 0 Å². The summed E-state index contributed by atoms with van der Waals surface area (Å²) in [4.78, 5) is 3.81. The van der Waals surface area contributed by atoms with Gasteiger partial charge < -0.3 is 0 Å². The second-order valence-corrected chi connectivity index (χ2v) is 6.64. The Kier molecular flexibility index (Phi) is 4.09. The van der Waals surface area contributed by atoms with Crippen molar-refractivity contribution in [2.24, 2.45) is 5.92 Å². The van der Waals surface area contributed by atoms with Crippen molar-refractivity contribution in [3.63, 3.8) is 0 Å². The molecule has 0 aromatic carbocycles. The summed E-state index contributed by atoms with van der Waals surface area (Å²) >= 11 is 5.72. The maximum absolute atomic E-state index is 12.2. The van der Waals surface area contributed by atoms with E-state index in [2.05, 4.69) is 16.6 Å². The number of hydrogen-bond donors (Lipinski definition) is 1. The molecule has 1 atom stereocenters. The van der Waals surface area contributed by atoms with Crippen LogP contribution in [0.25, 0.3) is 0 Å². The number of rotatable bonds is 3. The number of nitrogens with zero attached hydrogens (tertiary/aromatic N) is 2. The van der Waals surface area contributed by atoms with Crippen LogP contribution in [0.2, 0.25) is 5.15 Å². The molecule has 1 unspecified atom stereocenters. The molecule has 0 saturated carbocycles. The van der Waals surface area contributed by atoms with E-state index in [0.717, 1.165) is 12.8 Å². The standard InChI is InChI=1S/C11H16ClN3O2S/c1-9-3-2-6-15(8-9)18(16,17)14-10-4-5-13-11(12)7-10/h4-5,7,9H,2-3,6,8H2,1H3,(H,13,14). The van der Waals surface area contributed by atoms with Crippen molar-refractivity contribution >= 4 is 27.5 Å². The molecule has 5 nitrogen and oxygen atoms in total. The van der Waals surface area contributed by atoms with Crippen LogP contribution in [0.1, 0.15) is 19.8 Å². The van der Waals surface area contributed by atoms with E-state index in [1.165, 1.54) is 16.6 Å². The first-order valence-corrected chi connectivity index (χ1v) is 7.68. The topological polar surface area (TPSA) is 62.3 Å². The zero-order valence-corrected chi connectivity index (χ0v) is 11.7. The van der Waals surface area contributed by atoms with Gasteiger partial charge in [0.25, 0.3) is 0 Å². The van der Waals surface area contributed by atoms with Gasteiger partial charge in [0.15, 0.2) is 0 Å². The quantitative estimate of drug-likeness (QED) is 0.867. The third-order valence-corrected chi connectivity index (χ3v) is 4.64. The van der Waals surface area contributed by atoms with E-state index in [0.29, 0.717) is 24.7 Å². The normalized spacial score (nSPS) is 21.8. The van der Waals surface area contributed by atoms with Gasteiger partial charge in [-0.2, -0.15) is 12.7 Å². The van der Waals surface area contributed by atoms with Crippen molar-refractivity contribution in [3.05, 3.63) is 23.5 Å². The maximum Gasteiger partial charge on any atom is 0.301 e. The fraction of sp³-hybridized carbons (Fsp3) is 0.545. The van der Waals surface area contributed by atoms with E-state index in [4.69, 9.17) is 11.6 Å². The van der Waals surface area contributed by atoms with Gasteiger partial charge in [-0.25, -0.2) is 4.98 Å². The van der Waals surface area contributed by atoms with Gasteiger partial charge in [0, 0.05) is 19.3 Å². The minimum absolute atomic E-state index is 0.266. The van der Waals surface area contributed by atoms with Gasteiger partial charge in [-0.1, -0.05) is 18.5 Å². The molecule has 0 amide bonds. The molecule has 18 heavy (non-hydrogen) atoms. The van der Waals surface area contributed by atoms with E-state index in [-0.39, 0.29) is 5.15 Å². The Morgan fingerprint density at radius 1 is 1.56 bits per heavy atom. The van der Waals surface area contributed by atoms with Crippen molar-refractivity contribution in [3.8, 4) is 0 Å². The van der Waals surface area contributed by atoms with E-state index in [9.17, 15) is 8.42 Å². The van der Waals surface area contributed by atoms with Crippen LogP contribution in [0.4, 0.5) is 5.69 Å². The maximum atomic E-state index is 12.2. The lowest BCUT2D eigenvalue weighted by molar-refractivity contribution is 0.282. The number of nitrogens with one attached hydrogen (secondary N) is 1. The van der Waals surface area contributed by atoms with Crippen LogP contribution in [0.15, 0.2) is 18.3 Å². The molecule has 1 N–H and O–H groups in total. The molecule has 7 heteroatoms. The highest BCUT2D eigenvalue weighted by molar-refractivity contribution is 7.90. The average molecular weight is 290 g/mol. The summed E-state index contributed by atoms with van der Waals surface area (Å²) in [5.41, 5.74) is 0.438. The molecule has 2 heterocycles. The van der Waals surface area contributed by atoms with Gasteiger partial charge in [0.05, 0.1) is 5.69 Å². The molecule has 1 aromatic heterocycles. The molecule has 1 aliphatic rings. The minimum atomic E-state index is -3.49. The lowest BCUT2D eigenvalue weighted by atomic mass is 10.0. The SMILES string of the molecule is CC1CCCN(S(=O)(=O)Nc2ccnc(Cl)c2)C1. The summed E-state index contributed by atoms with van der Waals surface area (Å²) in [6.07, 6.45) is 3.45. The highest BCUT2D eigenvalue weighted by Crippen LogP contribution is 2.20. The third-order valence-electron chi connectivity index (χ3n) is 2.93. The number of halogens is 1. The molecule has 0 radical (unpaired) electrons. The first-order valence-electron chi connectivity index (χ1n) is 5.87. The Hall–Kier alpha value is -0.850. The van der Waals surface area contributed by atoms with Crippen molar-refractivity contribution < 1.29 is 8.42 Å². The van der Waals surface area contributed by atoms with Gasteiger partial charge in [-0.15, -0.1) is 0 Å². The van der Waals surface area contributed by atoms with Crippen molar-refractivity contribution in [1.82, 2.24) is 9.29 Å². The predicted octanol–water partition coefficient (Wildman–Crippen LogP) is 2.12. The third kappa shape index (κ3) is 3.34. The predicted molar refractivity (Wildman–Crippen MR) is 71.8 cm³/mol. The number of anilines is 1. The highest BCUT2D eigenvalue weighted by Gasteiger charge is 2.26. The molecule has 0 spiro atoms. The number of piperidine rings is 1. The van der Waals surface area contributed by atoms with Crippen LogP contribution >= 0.6 is 11.6 Å². The molecule has 1 fully saturated rings. The Balaban J connectivity index is 2.11. The van der Waals surface area contributed by atoms with E-state index in [1.54, 1.807) is 6.07 Å². The van der Waals surface area contributed by atoms with Gasteiger partial charge in [0.1, 0.15) is 5.15 Å². The zero-order valence-electron chi connectivity index (χ0n) is 10.1. The molecule has 1 aromatic rings. The molecule has 0 aliphatic carbocycles. The zero-order chi connectivity index (χ0) is 13.2. The fourth-order valence-electron chi connectivity index (χ4n) is 2.04. The second kappa shape index (κ2) is 5.42. The molecular weight excluding hydrogens is 274 g/mol. The molecule has 2 rings (SSSR count). The number of hydrogen-bond acceptors (Lipinski definition) is 3. The largest absolute Gasteiger partial charge is 0.301 e. The van der Waals surface area contributed by atoms with Crippen LogP contribution in [-0.2, 0) is 10.2 Å². The fourth-order valence-corrected chi connectivity index (χ4v) is 3.59. The average Bonchev–Trinajstić information content (AvgIpc) is 2.28. The monoisotopic (exact) mass is 289 g/mol. The Bertz CT molecular complexity index is 521. The first kappa shape index (κ1) is 13.6. The van der Waals surface area contributed by atoms with Crippen LogP contribution in [0, 0.1) is 5.92 Å². The van der Waals surface area contributed by atoms with Gasteiger partial charge >= 0.3 is 10.2 Å². The van der Waals surface area contributed by atoms with Crippen LogP contribution < -0.4 is 4.72 Å². The Morgan fingerprint density at radius 3 is 3.00 bits per heavy atom. The summed E-state index contributed by atoms with van der Waals surface area (Å²) < 4.78 is 28.3. The lowest BCUT2D eigenvalue weighted by Crippen LogP contribution is -2.42. The van der Waals surface area contributed by atoms with E-state index in [1.807, 2.05) is 0 Å². The summed E-state index contributed by atoms with van der Waals surface area (Å²) in [5, 5.41) is 0.266.